The lowest BCUT2D eigenvalue weighted by molar-refractivity contribution is -0.145. The van der Waals surface area contributed by atoms with Gasteiger partial charge in [-0.25, -0.2) is 10.1 Å². The van der Waals surface area contributed by atoms with Crippen molar-refractivity contribution in [2.24, 2.45) is 0 Å². The molecule has 7 heteroatoms. The molecule has 0 spiro atoms. The maximum absolute atomic E-state index is 11.7. The fourth-order valence-electron chi connectivity index (χ4n) is 0.925. The Balaban J connectivity index is 2.56. The van der Waals surface area contributed by atoms with Crippen molar-refractivity contribution in [2.75, 3.05) is 0 Å². The number of benzene rings is 1. The van der Waals surface area contributed by atoms with Gasteiger partial charge in [-0.05, 0) is 12.1 Å². The van der Waals surface area contributed by atoms with Crippen LogP contribution in [0.25, 0.3) is 0 Å². The number of urea groups is 1. The van der Waals surface area contributed by atoms with Gasteiger partial charge < -0.3 is 0 Å². The lowest BCUT2D eigenvalue weighted by Gasteiger charge is -2.08. The number of carbonyl (C=O) groups is 2. The Morgan fingerprint density at radius 2 is 1.62 bits per heavy atom. The maximum Gasteiger partial charge on any atom is 0.485 e. The van der Waals surface area contributed by atoms with Crippen LogP contribution in [0.2, 0.25) is 0 Å². The summed E-state index contributed by atoms with van der Waals surface area (Å²) in [5, 5.41) is 2.19. The highest BCUT2D eigenvalue weighted by atomic mass is 19.4. The molecule has 0 unspecified atom stereocenters. The summed E-state index contributed by atoms with van der Waals surface area (Å²) in [6.07, 6.45) is -4.86. The van der Waals surface area contributed by atoms with E-state index in [9.17, 15) is 22.8 Å². The van der Waals surface area contributed by atoms with E-state index in [1.165, 1.54) is 24.3 Å². The quantitative estimate of drug-likeness (QED) is 0.723. The topological polar surface area (TPSA) is 58.2 Å². The summed E-state index contributed by atoms with van der Waals surface area (Å²) < 4.78 is 35.0. The van der Waals surface area contributed by atoms with Gasteiger partial charge in [-0.3, -0.25) is 10.1 Å². The predicted molar refractivity (Wildman–Crippen MR) is 48.5 cm³/mol. The lowest BCUT2D eigenvalue weighted by Crippen LogP contribution is -2.46. The average Bonchev–Trinajstić information content (AvgIpc) is 2.16. The molecule has 1 aromatic rings. The number of halogens is 3. The number of hydrogen-bond acceptors (Lipinski definition) is 2. The SMILES string of the molecule is O=C(NC(=O)c1ccccc1)NC(F)(F)F. The number of rotatable bonds is 1. The van der Waals surface area contributed by atoms with E-state index in [1.807, 2.05) is 0 Å². The second kappa shape index (κ2) is 4.65. The first-order valence-corrected chi connectivity index (χ1v) is 4.14. The fraction of sp³-hybridized carbons (Fsp3) is 0.111. The number of alkyl halides is 3. The number of nitrogens with one attached hydrogen (secondary N) is 2. The largest absolute Gasteiger partial charge is 0.485 e. The third kappa shape index (κ3) is 3.99. The van der Waals surface area contributed by atoms with Crippen LogP contribution in [0, 0.1) is 0 Å². The first-order chi connectivity index (χ1) is 7.38. The molecule has 0 saturated heterocycles. The van der Waals surface area contributed by atoms with Crippen LogP contribution in [0.3, 0.4) is 0 Å². The molecular weight excluding hydrogens is 225 g/mol. The maximum atomic E-state index is 11.7. The molecule has 4 nitrogen and oxygen atoms in total. The summed E-state index contributed by atoms with van der Waals surface area (Å²) in [4.78, 5) is 21.9. The van der Waals surface area contributed by atoms with Crippen LogP contribution >= 0.6 is 0 Å². The first-order valence-electron chi connectivity index (χ1n) is 4.14. The van der Waals surface area contributed by atoms with Gasteiger partial charge in [0.25, 0.3) is 5.91 Å². The van der Waals surface area contributed by atoms with E-state index in [2.05, 4.69) is 0 Å². The molecule has 0 fully saturated rings. The Kier molecular flexibility index (Phi) is 3.49. The molecule has 3 amide bonds. The van der Waals surface area contributed by atoms with Gasteiger partial charge in [-0.2, -0.15) is 13.2 Å². The van der Waals surface area contributed by atoms with Crippen molar-refractivity contribution in [2.45, 2.75) is 6.30 Å². The first kappa shape index (κ1) is 12.0. The normalized spacial score (nSPS) is 10.7. The molecule has 0 aliphatic rings. The summed E-state index contributed by atoms with van der Waals surface area (Å²) in [5.74, 6) is -0.901. The van der Waals surface area contributed by atoms with Crippen LogP contribution in [0.15, 0.2) is 30.3 Å². The van der Waals surface area contributed by atoms with Crippen LogP contribution in [0.5, 0.6) is 0 Å². The highest BCUT2D eigenvalue weighted by molar-refractivity contribution is 6.04. The van der Waals surface area contributed by atoms with Crippen molar-refractivity contribution < 1.29 is 22.8 Å². The molecule has 0 aliphatic heterocycles. The predicted octanol–water partition coefficient (Wildman–Crippen LogP) is 1.65. The van der Waals surface area contributed by atoms with E-state index in [4.69, 9.17) is 0 Å². The molecule has 0 saturated carbocycles. The Morgan fingerprint density at radius 3 is 2.12 bits per heavy atom. The third-order valence-corrected chi connectivity index (χ3v) is 1.52. The summed E-state index contributed by atoms with van der Waals surface area (Å²) in [5.41, 5.74) is 0.0971. The molecule has 1 rings (SSSR count). The summed E-state index contributed by atoms with van der Waals surface area (Å²) in [6, 6.07) is 5.81. The molecule has 2 N–H and O–H groups in total. The molecule has 1 aromatic carbocycles. The second-order valence-corrected chi connectivity index (χ2v) is 2.77. The summed E-state index contributed by atoms with van der Waals surface area (Å²) >= 11 is 0. The molecule has 0 aliphatic carbocycles. The minimum atomic E-state index is -4.86. The van der Waals surface area contributed by atoms with E-state index in [0.29, 0.717) is 5.32 Å². The van der Waals surface area contributed by atoms with Gasteiger partial charge in [-0.15, -0.1) is 0 Å². The molecule has 0 radical (unpaired) electrons. The van der Waals surface area contributed by atoms with Gasteiger partial charge in [-0.1, -0.05) is 18.2 Å². The molecule has 0 atom stereocenters. The number of imide groups is 1. The van der Waals surface area contributed by atoms with Crippen molar-refractivity contribution in [1.82, 2.24) is 10.6 Å². The van der Waals surface area contributed by atoms with Gasteiger partial charge in [0.2, 0.25) is 0 Å². The minimum absolute atomic E-state index is 0.0971. The van der Waals surface area contributed by atoms with E-state index >= 15 is 0 Å². The highest BCUT2D eigenvalue weighted by Crippen LogP contribution is 2.08. The molecule has 0 aromatic heterocycles. The zero-order valence-corrected chi connectivity index (χ0v) is 7.84. The van der Waals surface area contributed by atoms with E-state index in [0.717, 1.165) is 0 Å². The summed E-state index contributed by atoms with van der Waals surface area (Å²) in [7, 11) is 0. The van der Waals surface area contributed by atoms with Gasteiger partial charge in [0.05, 0.1) is 0 Å². The van der Waals surface area contributed by atoms with Crippen molar-refractivity contribution >= 4 is 11.9 Å². The van der Waals surface area contributed by atoms with Crippen LogP contribution < -0.4 is 10.6 Å². The molecule has 0 bridgehead atoms. The molecule has 86 valence electrons. The fourth-order valence-corrected chi connectivity index (χ4v) is 0.925. The van der Waals surface area contributed by atoms with Crippen LogP contribution in [-0.2, 0) is 0 Å². The van der Waals surface area contributed by atoms with Gasteiger partial charge >= 0.3 is 12.3 Å². The highest BCUT2D eigenvalue weighted by Gasteiger charge is 2.30. The summed E-state index contributed by atoms with van der Waals surface area (Å²) in [6.45, 7) is 0. The number of hydrogen-bond donors (Lipinski definition) is 2. The Hall–Kier alpha value is -2.05. The zero-order valence-electron chi connectivity index (χ0n) is 7.84. The number of carbonyl (C=O) groups excluding carboxylic acids is 2. The molecular formula is C9H7F3N2O2. The van der Waals surface area contributed by atoms with Crippen molar-refractivity contribution in [3.63, 3.8) is 0 Å². The monoisotopic (exact) mass is 232 g/mol. The van der Waals surface area contributed by atoms with E-state index in [-0.39, 0.29) is 5.56 Å². The average molecular weight is 232 g/mol. The van der Waals surface area contributed by atoms with Crippen molar-refractivity contribution in [3.8, 4) is 0 Å². The Labute approximate surface area is 88.4 Å². The van der Waals surface area contributed by atoms with E-state index < -0.39 is 18.2 Å². The van der Waals surface area contributed by atoms with Crippen molar-refractivity contribution in [3.05, 3.63) is 35.9 Å². The Bertz CT molecular complexity index is 389. The smallest absolute Gasteiger partial charge is 0.274 e. The van der Waals surface area contributed by atoms with Gasteiger partial charge in [0.1, 0.15) is 0 Å². The molecule has 0 heterocycles. The van der Waals surface area contributed by atoms with Crippen LogP contribution in [0.4, 0.5) is 18.0 Å². The molecule has 16 heavy (non-hydrogen) atoms. The third-order valence-electron chi connectivity index (χ3n) is 1.52. The standard InChI is InChI=1S/C9H7F3N2O2/c10-9(11,12)14-8(16)13-7(15)6-4-2-1-3-5-6/h1-5H,(H2,13,14,15,16). The van der Waals surface area contributed by atoms with Gasteiger partial charge in [0.15, 0.2) is 0 Å². The van der Waals surface area contributed by atoms with E-state index in [1.54, 1.807) is 11.4 Å². The van der Waals surface area contributed by atoms with Crippen LogP contribution in [0.1, 0.15) is 10.4 Å². The zero-order chi connectivity index (χ0) is 12.2. The minimum Gasteiger partial charge on any atom is -0.274 e. The van der Waals surface area contributed by atoms with Crippen LogP contribution in [-0.4, -0.2) is 18.2 Å². The lowest BCUT2D eigenvalue weighted by atomic mass is 10.2. The van der Waals surface area contributed by atoms with Gasteiger partial charge in [0, 0.05) is 5.56 Å². The van der Waals surface area contributed by atoms with Crippen molar-refractivity contribution in [1.29, 1.82) is 0 Å². The Morgan fingerprint density at radius 1 is 1.06 bits per heavy atom. The second-order valence-electron chi connectivity index (χ2n) is 2.77. The number of amides is 3.